The molecule has 0 aliphatic carbocycles. The molecule has 0 unspecified atom stereocenters. The highest BCUT2D eigenvalue weighted by atomic mass is 79.9. The van der Waals surface area contributed by atoms with Crippen LogP contribution in [0, 0.1) is 0 Å². The molecule has 1 aromatic carbocycles. The lowest BCUT2D eigenvalue weighted by Crippen LogP contribution is -2.02. The zero-order chi connectivity index (χ0) is 12.0. The number of ether oxygens (including phenoxy) is 1. The van der Waals surface area contributed by atoms with E-state index in [4.69, 9.17) is 15.6 Å². The average molecular weight is 353 g/mol. The van der Waals surface area contributed by atoms with E-state index in [2.05, 4.69) is 31.9 Å². The second-order valence-electron chi connectivity index (χ2n) is 3.37. The second kappa shape index (κ2) is 7.27. The Bertz CT molecular complexity index is 322. The Hall–Kier alpha value is -0.100. The third-order valence-corrected chi connectivity index (χ3v) is 3.27. The molecule has 0 bridgehead atoms. The standard InChI is InChI=1S/C11H15Br2NO2/c12-9-5-8(7-14)6-10(13)11(9)16-4-2-1-3-15/h5-6,15H,1-4,7,14H2. The molecule has 3 nitrogen and oxygen atoms in total. The van der Waals surface area contributed by atoms with Gasteiger partial charge in [0.2, 0.25) is 0 Å². The largest absolute Gasteiger partial charge is 0.491 e. The number of aliphatic hydroxyl groups excluding tert-OH is 1. The summed E-state index contributed by atoms with van der Waals surface area (Å²) in [5.74, 6) is 0.787. The van der Waals surface area contributed by atoms with Crippen molar-refractivity contribution in [3.8, 4) is 5.75 Å². The summed E-state index contributed by atoms with van der Waals surface area (Å²) in [7, 11) is 0. The molecule has 90 valence electrons. The van der Waals surface area contributed by atoms with Crippen molar-refractivity contribution >= 4 is 31.9 Å². The summed E-state index contributed by atoms with van der Waals surface area (Å²) >= 11 is 6.90. The zero-order valence-corrected chi connectivity index (χ0v) is 12.1. The monoisotopic (exact) mass is 351 g/mol. The van der Waals surface area contributed by atoms with Gasteiger partial charge in [-0.15, -0.1) is 0 Å². The average Bonchev–Trinajstić information content (AvgIpc) is 2.26. The van der Waals surface area contributed by atoms with Crippen molar-refractivity contribution in [2.24, 2.45) is 5.73 Å². The molecule has 1 rings (SSSR count). The van der Waals surface area contributed by atoms with E-state index in [1.165, 1.54) is 0 Å². The molecule has 0 spiro atoms. The van der Waals surface area contributed by atoms with Gasteiger partial charge in [0, 0.05) is 13.2 Å². The summed E-state index contributed by atoms with van der Waals surface area (Å²) in [6.45, 7) is 1.31. The van der Waals surface area contributed by atoms with Crippen molar-refractivity contribution in [1.82, 2.24) is 0 Å². The molecule has 0 saturated carbocycles. The highest BCUT2D eigenvalue weighted by Gasteiger charge is 2.08. The molecular weight excluding hydrogens is 338 g/mol. The Balaban J connectivity index is 2.65. The number of unbranched alkanes of at least 4 members (excludes halogenated alkanes) is 1. The molecule has 0 aliphatic heterocycles. The van der Waals surface area contributed by atoms with Crippen molar-refractivity contribution in [3.05, 3.63) is 26.6 Å². The molecule has 0 amide bonds. The first-order valence-electron chi connectivity index (χ1n) is 5.10. The van der Waals surface area contributed by atoms with Gasteiger partial charge in [0.05, 0.1) is 15.6 Å². The smallest absolute Gasteiger partial charge is 0.147 e. The summed E-state index contributed by atoms with van der Waals surface area (Å²) in [6, 6.07) is 3.90. The van der Waals surface area contributed by atoms with Crippen LogP contribution in [0.25, 0.3) is 0 Å². The van der Waals surface area contributed by atoms with Gasteiger partial charge >= 0.3 is 0 Å². The minimum absolute atomic E-state index is 0.206. The van der Waals surface area contributed by atoms with E-state index in [9.17, 15) is 0 Å². The molecule has 0 atom stereocenters. The van der Waals surface area contributed by atoms with Crippen LogP contribution < -0.4 is 10.5 Å². The number of halogens is 2. The van der Waals surface area contributed by atoms with Gasteiger partial charge in [-0.25, -0.2) is 0 Å². The predicted octanol–water partition coefficient (Wildman–Crippen LogP) is 2.82. The van der Waals surface area contributed by atoms with Gasteiger partial charge in [0.25, 0.3) is 0 Å². The number of rotatable bonds is 6. The second-order valence-corrected chi connectivity index (χ2v) is 5.08. The molecule has 0 radical (unpaired) electrons. The lowest BCUT2D eigenvalue weighted by molar-refractivity contribution is 0.252. The first-order valence-corrected chi connectivity index (χ1v) is 6.69. The van der Waals surface area contributed by atoms with Gasteiger partial charge < -0.3 is 15.6 Å². The molecule has 0 aliphatic rings. The van der Waals surface area contributed by atoms with E-state index >= 15 is 0 Å². The van der Waals surface area contributed by atoms with E-state index in [1.807, 2.05) is 12.1 Å². The van der Waals surface area contributed by atoms with E-state index in [0.29, 0.717) is 13.2 Å². The molecule has 0 fully saturated rings. The lowest BCUT2D eigenvalue weighted by Gasteiger charge is -2.11. The van der Waals surface area contributed by atoms with Gasteiger partial charge in [-0.3, -0.25) is 0 Å². The molecule has 3 N–H and O–H groups in total. The van der Waals surface area contributed by atoms with Crippen LogP contribution in [0.3, 0.4) is 0 Å². The van der Waals surface area contributed by atoms with Gasteiger partial charge in [0.15, 0.2) is 0 Å². The Morgan fingerprint density at radius 2 is 1.81 bits per heavy atom. The van der Waals surface area contributed by atoms with Crippen molar-refractivity contribution in [2.45, 2.75) is 19.4 Å². The van der Waals surface area contributed by atoms with Gasteiger partial charge in [0.1, 0.15) is 5.75 Å². The number of nitrogens with two attached hydrogens (primary N) is 1. The Labute approximate surface area is 112 Å². The molecule has 0 heterocycles. The quantitative estimate of drug-likeness (QED) is 0.774. The van der Waals surface area contributed by atoms with Crippen LogP contribution in [0.15, 0.2) is 21.1 Å². The minimum Gasteiger partial charge on any atom is -0.491 e. The van der Waals surface area contributed by atoms with Crippen molar-refractivity contribution in [3.63, 3.8) is 0 Å². The normalized spacial score (nSPS) is 10.5. The molecule has 1 aromatic rings. The van der Waals surface area contributed by atoms with E-state index in [1.54, 1.807) is 0 Å². The van der Waals surface area contributed by atoms with Gasteiger partial charge in [-0.2, -0.15) is 0 Å². The number of benzene rings is 1. The molecular formula is C11H15Br2NO2. The van der Waals surface area contributed by atoms with E-state index in [0.717, 1.165) is 33.1 Å². The van der Waals surface area contributed by atoms with Crippen LogP contribution in [0.5, 0.6) is 5.75 Å². The molecule has 16 heavy (non-hydrogen) atoms. The number of hydrogen-bond donors (Lipinski definition) is 2. The Morgan fingerprint density at radius 3 is 2.31 bits per heavy atom. The topological polar surface area (TPSA) is 55.5 Å². The Kier molecular flexibility index (Phi) is 6.34. The third-order valence-electron chi connectivity index (χ3n) is 2.09. The van der Waals surface area contributed by atoms with E-state index < -0.39 is 0 Å². The number of aliphatic hydroxyl groups is 1. The third kappa shape index (κ3) is 4.05. The van der Waals surface area contributed by atoms with Crippen LogP contribution in [0.4, 0.5) is 0 Å². The molecule has 0 aromatic heterocycles. The van der Waals surface area contributed by atoms with Crippen LogP contribution in [0.1, 0.15) is 18.4 Å². The maximum absolute atomic E-state index is 8.65. The highest BCUT2D eigenvalue weighted by molar-refractivity contribution is 9.11. The fourth-order valence-electron chi connectivity index (χ4n) is 1.26. The van der Waals surface area contributed by atoms with Crippen molar-refractivity contribution in [2.75, 3.05) is 13.2 Å². The zero-order valence-electron chi connectivity index (χ0n) is 8.88. The van der Waals surface area contributed by atoms with Crippen molar-refractivity contribution in [1.29, 1.82) is 0 Å². The van der Waals surface area contributed by atoms with E-state index in [-0.39, 0.29) is 6.61 Å². The number of hydrogen-bond acceptors (Lipinski definition) is 3. The first-order chi connectivity index (χ1) is 7.69. The summed E-state index contributed by atoms with van der Waals surface area (Å²) in [5.41, 5.74) is 6.61. The fraction of sp³-hybridized carbons (Fsp3) is 0.455. The fourth-order valence-corrected chi connectivity index (χ4v) is 2.77. The molecule has 5 heteroatoms. The van der Waals surface area contributed by atoms with Gasteiger partial charge in [-0.1, -0.05) is 0 Å². The summed E-state index contributed by atoms with van der Waals surface area (Å²) in [6.07, 6.45) is 1.60. The first kappa shape index (κ1) is 14.0. The van der Waals surface area contributed by atoms with Crippen LogP contribution in [-0.2, 0) is 6.54 Å². The van der Waals surface area contributed by atoms with Crippen LogP contribution >= 0.6 is 31.9 Å². The van der Waals surface area contributed by atoms with Crippen LogP contribution in [-0.4, -0.2) is 18.3 Å². The maximum atomic E-state index is 8.65. The Morgan fingerprint density at radius 1 is 1.19 bits per heavy atom. The lowest BCUT2D eigenvalue weighted by atomic mass is 10.2. The summed E-state index contributed by atoms with van der Waals surface area (Å²) in [4.78, 5) is 0. The molecule has 0 saturated heterocycles. The summed E-state index contributed by atoms with van der Waals surface area (Å²) < 4.78 is 7.41. The maximum Gasteiger partial charge on any atom is 0.147 e. The SMILES string of the molecule is NCc1cc(Br)c(OCCCCO)c(Br)c1. The van der Waals surface area contributed by atoms with Crippen molar-refractivity contribution < 1.29 is 9.84 Å². The van der Waals surface area contributed by atoms with Gasteiger partial charge in [-0.05, 0) is 62.4 Å². The highest BCUT2D eigenvalue weighted by Crippen LogP contribution is 2.34. The van der Waals surface area contributed by atoms with Crippen LogP contribution in [0.2, 0.25) is 0 Å². The minimum atomic E-state index is 0.206. The predicted molar refractivity (Wildman–Crippen MR) is 71.5 cm³/mol. The summed E-state index contributed by atoms with van der Waals surface area (Å²) in [5, 5.41) is 8.65.